The summed E-state index contributed by atoms with van der Waals surface area (Å²) in [4.78, 5) is 14.3. The van der Waals surface area contributed by atoms with E-state index in [1.54, 1.807) is 0 Å². The summed E-state index contributed by atoms with van der Waals surface area (Å²) >= 11 is 1.43. The van der Waals surface area contributed by atoms with Gasteiger partial charge in [0.25, 0.3) is 0 Å². The molecule has 124 valence electrons. The van der Waals surface area contributed by atoms with Crippen molar-refractivity contribution in [3.8, 4) is 11.4 Å². The van der Waals surface area contributed by atoms with Gasteiger partial charge in [0.1, 0.15) is 0 Å². The maximum absolute atomic E-state index is 12.4. The van der Waals surface area contributed by atoms with Gasteiger partial charge in [0.05, 0.1) is 5.75 Å². The Morgan fingerprint density at radius 3 is 2.30 bits per heavy atom. The molecular formula is C17H24N4OS. The fourth-order valence-electron chi connectivity index (χ4n) is 2.65. The second kappa shape index (κ2) is 7.64. The standard InChI is InChI=1S/C17H24N4OS/c1-12(2)21(13(3)4)15(22)11-23-17-19-18-16(20(17)5)14-9-7-6-8-10-14/h6-10,12-13H,11H2,1-5H3. The number of thioether (sulfide) groups is 1. The summed E-state index contributed by atoms with van der Waals surface area (Å²) in [5, 5.41) is 9.22. The van der Waals surface area contributed by atoms with Gasteiger partial charge >= 0.3 is 0 Å². The van der Waals surface area contributed by atoms with Crippen LogP contribution in [0.4, 0.5) is 0 Å². The summed E-state index contributed by atoms with van der Waals surface area (Å²) in [5.74, 6) is 1.31. The molecular weight excluding hydrogens is 308 g/mol. The van der Waals surface area contributed by atoms with Gasteiger partial charge in [0.15, 0.2) is 11.0 Å². The van der Waals surface area contributed by atoms with E-state index in [4.69, 9.17) is 0 Å². The van der Waals surface area contributed by atoms with Crippen LogP contribution in [0.1, 0.15) is 27.7 Å². The lowest BCUT2D eigenvalue weighted by Gasteiger charge is -2.30. The molecule has 0 aliphatic rings. The van der Waals surface area contributed by atoms with Crippen molar-refractivity contribution in [3.63, 3.8) is 0 Å². The maximum Gasteiger partial charge on any atom is 0.233 e. The highest BCUT2D eigenvalue weighted by Crippen LogP contribution is 2.23. The minimum absolute atomic E-state index is 0.129. The van der Waals surface area contributed by atoms with Gasteiger partial charge < -0.3 is 9.47 Å². The lowest BCUT2D eigenvalue weighted by molar-refractivity contribution is -0.131. The highest BCUT2D eigenvalue weighted by atomic mass is 32.2. The van der Waals surface area contributed by atoms with Crippen LogP contribution in [0.5, 0.6) is 0 Å². The van der Waals surface area contributed by atoms with E-state index in [0.29, 0.717) is 5.75 Å². The predicted octanol–water partition coefficient (Wildman–Crippen LogP) is 3.22. The van der Waals surface area contributed by atoms with Crippen molar-refractivity contribution in [2.45, 2.75) is 44.9 Å². The third-order valence-electron chi connectivity index (χ3n) is 3.59. The van der Waals surface area contributed by atoms with Crippen molar-refractivity contribution in [2.75, 3.05) is 5.75 Å². The lowest BCUT2D eigenvalue weighted by Crippen LogP contribution is -2.43. The molecule has 1 aromatic heterocycles. The summed E-state index contributed by atoms with van der Waals surface area (Å²) in [5.41, 5.74) is 1.02. The molecule has 0 aliphatic heterocycles. The minimum Gasteiger partial charge on any atom is -0.337 e. The number of rotatable bonds is 6. The average molecular weight is 332 g/mol. The van der Waals surface area contributed by atoms with E-state index in [-0.39, 0.29) is 18.0 Å². The fourth-order valence-corrected chi connectivity index (χ4v) is 3.43. The largest absolute Gasteiger partial charge is 0.337 e. The molecule has 0 aliphatic carbocycles. The molecule has 0 N–H and O–H groups in total. The third kappa shape index (κ3) is 4.13. The second-order valence-corrected chi connectivity index (χ2v) is 6.95. The second-order valence-electron chi connectivity index (χ2n) is 6.01. The van der Waals surface area contributed by atoms with Crippen LogP contribution in [0.25, 0.3) is 11.4 Å². The summed E-state index contributed by atoms with van der Waals surface area (Å²) in [6.45, 7) is 8.16. The quantitative estimate of drug-likeness (QED) is 0.762. The Balaban J connectivity index is 2.08. The molecule has 0 bridgehead atoms. The van der Waals surface area contributed by atoms with Crippen LogP contribution >= 0.6 is 11.8 Å². The molecule has 2 aromatic rings. The van der Waals surface area contributed by atoms with Gasteiger partial charge in [0, 0.05) is 24.7 Å². The number of amides is 1. The minimum atomic E-state index is 0.129. The summed E-state index contributed by atoms with van der Waals surface area (Å²) in [7, 11) is 1.93. The van der Waals surface area contributed by atoms with Gasteiger partial charge in [-0.15, -0.1) is 10.2 Å². The van der Waals surface area contributed by atoms with Gasteiger partial charge in [0.2, 0.25) is 5.91 Å². The number of nitrogens with zero attached hydrogens (tertiary/aromatic N) is 4. The number of hydrogen-bond donors (Lipinski definition) is 0. The average Bonchev–Trinajstić information content (AvgIpc) is 2.86. The monoisotopic (exact) mass is 332 g/mol. The van der Waals surface area contributed by atoms with E-state index in [9.17, 15) is 4.79 Å². The first-order valence-corrected chi connectivity index (χ1v) is 8.79. The summed E-state index contributed by atoms with van der Waals surface area (Å²) < 4.78 is 1.93. The Morgan fingerprint density at radius 1 is 1.13 bits per heavy atom. The molecule has 2 rings (SSSR count). The van der Waals surface area contributed by atoms with Crippen molar-refractivity contribution in [3.05, 3.63) is 30.3 Å². The van der Waals surface area contributed by atoms with Crippen LogP contribution < -0.4 is 0 Å². The Bertz CT molecular complexity index is 644. The lowest BCUT2D eigenvalue weighted by atomic mass is 10.2. The van der Waals surface area contributed by atoms with E-state index in [0.717, 1.165) is 16.5 Å². The highest BCUT2D eigenvalue weighted by molar-refractivity contribution is 7.99. The van der Waals surface area contributed by atoms with Crippen molar-refractivity contribution < 1.29 is 4.79 Å². The molecule has 0 spiro atoms. The maximum atomic E-state index is 12.4. The Labute approximate surface area is 142 Å². The van der Waals surface area contributed by atoms with Gasteiger partial charge in [-0.2, -0.15) is 0 Å². The van der Waals surface area contributed by atoms with Crippen LogP contribution in [-0.4, -0.2) is 43.4 Å². The van der Waals surface area contributed by atoms with Crippen LogP contribution in [-0.2, 0) is 11.8 Å². The van der Waals surface area contributed by atoms with Gasteiger partial charge in [-0.25, -0.2) is 0 Å². The SMILES string of the molecule is CC(C)N(C(=O)CSc1nnc(-c2ccccc2)n1C)C(C)C. The van der Waals surface area contributed by atoms with Gasteiger partial charge in [-0.05, 0) is 27.7 Å². The van der Waals surface area contributed by atoms with Crippen LogP contribution in [0, 0.1) is 0 Å². The van der Waals surface area contributed by atoms with Gasteiger partial charge in [-0.3, -0.25) is 4.79 Å². The third-order valence-corrected chi connectivity index (χ3v) is 4.60. The molecule has 6 heteroatoms. The topological polar surface area (TPSA) is 51.0 Å². The zero-order valence-electron chi connectivity index (χ0n) is 14.4. The van der Waals surface area contributed by atoms with E-state index >= 15 is 0 Å². The smallest absolute Gasteiger partial charge is 0.233 e. The first-order valence-electron chi connectivity index (χ1n) is 7.80. The summed E-state index contributed by atoms with van der Waals surface area (Å²) in [6.07, 6.45) is 0. The van der Waals surface area contributed by atoms with Gasteiger partial charge in [-0.1, -0.05) is 42.1 Å². The molecule has 0 unspecified atom stereocenters. The van der Waals surface area contributed by atoms with Crippen molar-refractivity contribution in [2.24, 2.45) is 7.05 Å². The van der Waals surface area contributed by atoms with Crippen molar-refractivity contribution >= 4 is 17.7 Å². The number of hydrogen-bond acceptors (Lipinski definition) is 4. The van der Waals surface area contributed by atoms with E-state index in [1.807, 2.05) is 74.5 Å². The molecule has 0 radical (unpaired) electrons. The molecule has 23 heavy (non-hydrogen) atoms. The first-order chi connectivity index (χ1) is 10.9. The fraction of sp³-hybridized carbons (Fsp3) is 0.471. The van der Waals surface area contributed by atoms with Crippen LogP contribution in [0.3, 0.4) is 0 Å². The number of benzene rings is 1. The molecule has 5 nitrogen and oxygen atoms in total. The molecule has 1 aromatic carbocycles. The first kappa shape index (κ1) is 17.5. The molecule has 0 saturated heterocycles. The number of aromatic nitrogens is 3. The normalized spacial score (nSPS) is 11.3. The number of carbonyl (C=O) groups is 1. The predicted molar refractivity (Wildman–Crippen MR) is 94.3 cm³/mol. The Kier molecular flexibility index (Phi) is 5.82. The highest BCUT2D eigenvalue weighted by Gasteiger charge is 2.21. The Hall–Kier alpha value is -1.82. The molecule has 1 amide bonds. The van der Waals surface area contributed by atoms with Crippen molar-refractivity contribution in [1.29, 1.82) is 0 Å². The van der Waals surface area contributed by atoms with E-state index < -0.39 is 0 Å². The van der Waals surface area contributed by atoms with Crippen LogP contribution in [0.15, 0.2) is 35.5 Å². The molecule has 1 heterocycles. The molecule has 0 saturated carbocycles. The summed E-state index contributed by atoms with van der Waals surface area (Å²) in [6, 6.07) is 10.3. The Morgan fingerprint density at radius 2 is 1.74 bits per heavy atom. The van der Waals surface area contributed by atoms with E-state index in [1.165, 1.54) is 11.8 Å². The van der Waals surface area contributed by atoms with E-state index in [2.05, 4.69) is 10.2 Å². The zero-order chi connectivity index (χ0) is 17.0. The molecule has 0 atom stereocenters. The van der Waals surface area contributed by atoms with Crippen LogP contribution in [0.2, 0.25) is 0 Å². The molecule has 0 fully saturated rings. The number of carbonyl (C=O) groups excluding carboxylic acids is 1. The van der Waals surface area contributed by atoms with Crippen molar-refractivity contribution in [1.82, 2.24) is 19.7 Å². The zero-order valence-corrected chi connectivity index (χ0v) is 15.2.